The van der Waals surface area contributed by atoms with Gasteiger partial charge >= 0.3 is 0 Å². The number of carbonyl (C=O) groups excluding carboxylic acids is 1. The molecule has 1 amide bonds. The van der Waals surface area contributed by atoms with Gasteiger partial charge in [-0.25, -0.2) is 0 Å². The highest BCUT2D eigenvalue weighted by Gasteiger charge is 2.20. The molecular formula is C18H21ClN2OS. The van der Waals surface area contributed by atoms with E-state index in [0.717, 1.165) is 39.0 Å². The largest absolute Gasteiger partial charge is 0.352 e. The van der Waals surface area contributed by atoms with Gasteiger partial charge in [-0.2, -0.15) is 11.3 Å². The zero-order valence-corrected chi connectivity index (χ0v) is 14.6. The molecule has 1 fully saturated rings. The van der Waals surface area contributed by atoms with Crippen LogP contribution in [-0.4, -0.2) is 30.4 Å². The molecule has 1 aromatic carbocycles. The van der Waals surface area contributed by atoms with Crippen LogP contribution >= 0.6 is 22.9 Å². The van der Waals surface area contributed by atoms with E-state index in [9.17, 15) is 4.79 Å². The Labute approximate surface area is 146 Å². The lowest BCUT2D eigenvalue weighted by molar-refractivity contribution is 0.0935. The summed E-state index contributed by atoms with van der Waals surface area (Å²) in [5.74, 6) is 0.562. The standard InChI is InChI=1S/C18H21ClN2OS/c19-17-3-1-16(2-4-17)18(22)20-11-14-5-8-21(9-6-14)12-15-7-10-23-13-15/h1-4,7,10,13-14H,5-6,8-9,11-12H2,(H,20,22). The number of piperidine rings is 1. The van der Waals surface area contributed by atoms with Crippen molar-refractivity contribution in [1.29, 1.82) is 0 Å². The predicted molar refractivity (Wildman–Crippen MR) is 96.1 cm³/mol. The lowest BCUT2D eigenvalue weighted by Crippen LogP contribution is -2.38. The quantitative estimate of drug-likeness (QED) is 0.884. The second-order valence-corrected chi connectivity index (χ2v) is 7.28. The Bertz CT molecular complexity index is 619. The number of likely N-dealkylation sites (tertiary alicyclic amines) is 1. The van der Waals surface area contributed by atoms with E-state index >= 15 is 0 Å². The lowest BCUT2D eigenvalue weighted by Gasteiger charge is -2.31. The highest BCUT2D eigenvalue weighted by Crippen LogP contribution is 2.19. The molecule has 1 saturated heterocycles. The number of hydrogen-bond donors (Lipinski definition) is 1. The number of nitrogens with zero attached hydrogens (tertiary/aromatic N) is 1. The van der Waals surface area contributed by atoms with Gasteiger partial charge in [0.2, 0.25) is 0 Å². The summed E-state index contributed by atoms with van der Waals surface area (Å²) in [7, 11) is 0. The van der Waals surface area contributed by atoms with Crippen LogP contribution in [0, 0.1) is 5.92 Å². The Hall–Kier alpha value is -1.36. The summed E-state index contributed by atoms with van der Waals surface area (Å²) in [5, 5.41) is 8.06. The van der Waals surface area contributed by atoms with Crippen molar-refractivity contribution in [3.05, 3.63) is 57.2 Å². The summed E-state index contributed by atoms with van der Waals surface area (Å²) in [6.07, 6.45) is 2.29. The summed E-state index contributed by atoms with van der Waals surface area (Å²) in [6.45, 7) is 4.02. The first-order valence-corrected chi connectivity index (χ1v) is 9.30. The van der Waals surface area contributed by atoms with E-state index < -0.39 is 0 Å². The third-order valence-corrected chi connectivity index (χ3v) is 5.34. The minimum Gasteiger partial charge on any atom is -0.352 e. The van der Waals surface area contributed by atoms with Gasteiger partial charge in [0.25, 0.3) is 5.91 Å². The highest BCUT2D eigenvalue weighted by atomic mass is 35.5. The van der Waals surface area contributed by atoms with E-state index in [1.165, 1.54) is 5.56 Å². The summed E-state index contributed by atoms with van der Waals surface area (Å²) < 4.78 is 0. The Morgan fingerprint density at radius 3 is 2.61 bits per heavy atom. The first kappa shape index (κ1) is 16.5. The SMILES string of the molecule is O=C(NCC1CCN(Cc2ccsc2)CC1)c1ccc(Cl)cc1. The summed E-state index contributed by atoms with van der Waals surface area (Å²) in [4.78, 5) is 14.6. The molecule has 0 unspecified atom stereocenters. The molecule has 2 aromatic rings. The number of rotatable bonds is 5. The van der Waals surface area contributed by atoms with E-state index in [1.54, 1.807) is 35.6 Å². The number of nitrogens with one attached hydrogen (secondary N) is 1. The molecule has 3 nitrogen and oxygen atoms in total. The van der Waals surface area contributed by atoms with Crippen molar-refractivity contribution in [2.24, 2.45) is 5.92 Å². The first-order valence-electron chi connectivity index (χ1n) is 7.98. The van der Waals surface area contributed by atoms with E-state index in [-0.39, 0.29) is 5.91 Å². The molecule has 0 atom stereocenters. The number of hydrogen-bond acceptors (Lipinski definition) is 3. The normalized spacial score (nSPS) is 16.4. The van der Waals surface area contributed by atoms with Gasteiger partial charge in [0.15, 0.2) is 0 Å². The van der Waals surface area contributed by atoms with E-state index in [2.05, 4.69) is 27.0 Å². The molecule has 1 aliphatic rings. The zero-order valence-electron chi connectivity index (χ0n) is 13.0. The lowest BCUT2D eigenvalue weighted by atomic mass is 9.96. The van der Waals surface area contributed by atoms with Crippen LogP contribution in [0.4, 0.5) is 0 Å². The fourth-order valence-electron chi connectivity index (χ4n) is 2.93. The topological polar surface area (TPSA) is 32.3 Å². The minimum absolute atomic E-state index is 0.0117. The van der Waals surface area contributed by atoms with Gasteiger partial charge in [0, 0.05) is 23.7 Å². The minimum atomic E-state index is -0.0117. The molecule has 1 aromatic heterocycles. The summed E-state index contributed by atoms with van der Waals surface area (Å²) >= 11 is 7.60. The van der Waals surface area contributed by atoms with Crippen molar-refractivity contribution in [3.8, 4) is 0 Å². The molecule has 0 radical (unpaired) electrons. The van der Waals surface area contributed by atoms with Crippen LogP contribution in [0.5, 0.6) is 0 Å². The van der Waals surface area contributed by atoms with Crippen LogP contribution in [0.2, 0.25) is 5.02 Å². The number of thiophene rings is 1. The fourth-order valence-corrected chi connectivity index (χ4v) is 3.72. The maximum Gasteiger partial charge on any atom is 0.251 e. The van der Waals surface area contributed by atoms with Crippen molar-refractivity contribution in [2.45, 2.75) is 19.4 Å². The van der Waals surface area contributed by atoms with Crippen molar-refractivity contribution in [1.82, 2.24) is 10.2 Å². The van der Waals surface area contributed by atoms with E-state index in [0.29, 0.717) is 16.5 Å². The number of benzene rings is 1. The van der Waals surface area contributed by atoms with Crippen LogP contribution in [0.15, 0.2) is 41.1 Å². The first-order chi connectivity index (χ1) is 11.2. The Morgan fingerprint density at radius 1 is 1.22 bits per heavy atom. The van der Waals surface area contributed by atoms with Gasteiger partial charge in [0.1, 0.15) is 0 Å². The average Bonchev–Trinajstić information content (AvgIpc) is 3.07. The van der Waals surface area contributed by atoms with Gasteiger partial charge in [-0.05, 0) is 78.5 Å². The molecule has 5 heteroatoms. The smallest absolute Gasteiger partial charge is 0.251 e. The highest BCUT2D eigenvalue weighted by molar-refractivity contribution is 7.07. The molecule has 0 saturated carbocycles. The van der Waals surface area contributed by atoms with E-state index in [1.807, 2.05) is 0 Å². The van der Waals surface area contributed by atoms with Crippen LogP contribution in [-0.2, 0) is 6.54 Å². The van der Waals surface area contributed by atoms with Crippen LogP contribution in [0.3, 0.4) is 0 Å². The van der Waals surface area contributed by atoms with Gasteiger partial charge in [-0.15, -0.1) is 0 Å². The van der Waals surface area contributed by atoms with Crippen molar-refractivity contribution in [2.75, 3.05) is 19.6 Å². The van der Waals surface area contributed by atoms with Gasteiger partial charge < -0.3 is 5.32 Å². The van der Waals surface area contributed by atoms with Crippen LogP contribution < -0.4 is 5.32 Å². The molecule has 3 rings (SSSR count). The monoisotopic (exact) mass is 348 g/mol. The Balaban J connectivity index is 1.40. The molecule has 122 valence electrons. The maximum atomic E-state index is 12.1. The Kier molecular flexibility index (Phi) is 5.70. The molecule has 2 heterocycles. The van der Waals surface area contributed by atoms with Gasteiger partial charge in [0.05, 0.1) is 0 Å². The van der Waals surface area contributed by atoms with Crippen molar-refractivity contribution < 1.29 is 4.79 Å². The average molecular weight is 349 g/mol. The van der Waals surface area contributed by atoms with Gasteiger partial charge in [-0.1, -0.05) is 11.6 Å². The number of amides is 1. The molecule has 0 spiro atoms. The summed E-state index contributed by atoms with van der Waals surface area (Å²) in [6, 6.07) is 9.23. The zero-order chi connectivity index (χ0) is 16.1. The molecular weight excluding hydrogens is 328 g/mol. The molecule has 0 aliphatic carbocycles. The van der Waals surface area contributed by atoms with Crippen LogP contribution in [0.1, 0.15) is 28.8 Å². The maximum absolute atomic E-state index is 12.1. The molecule has 23 heavy (non-hydrogen) atoms. The van der Waals surface area contributed by atoms with Gasteiger partial charge in [-0.3, -0.25) is 9.69 Å². The second kappa shape index (κ2) is 7.95. The molecule has 0 bridgehead atoms. The van der Waals surface area contributed by atoms with Crippen molar-refractivity contribution >= 4 is 28.8 Å². The second-order valence-electron chi connectivity index (χ2n) is 6.07. The van der Waals surface area contributed by atoms with E-state index in [4.69, 9.17) is 11.6 Å². The van der Waals surface area contributed by atoms with Crippen molar-refractivity contribution in [3.63, 3.8) is 0 Å². The fraction of sp³-hybridized carbons (Fsp3) is 0.389. The van der Waals surface area contributed by atoms with Crippen LogP contribution in [0.25, 0.3) is 0 Å². The third kappa shape index (κ3) is 4.80. The molecule has 1 aliphatic heterocycles. The Morgan fingerprint density at radius 2 is 1.96 bits per heavy atom. The number of carbonyl (C=O) groups is 1. The third-order valence-electron chi connectivity index (χ3n) is 4.35. The predicted octanol–water partition coefficient (Wildman–Crippen LogP) is 4.04. The number of halogens is 1. The molecule has 1 N–H and O–H groups in total. The summed E-state index contributed by atoms with van der Waals surface area (Å²) in [5.41, 5.74) is 2.08.